The van der Waals surface area contributed by atoms with E-state index in [1.165, 1.54) is 30.1 Å². The molecule has 0 bridgehead atoms. The number of aryl methyl sites for hydroxylation is 1. The van der Waals surface area contributed by atoms with Gasteiger partial charge in [0, 0.05) is 23.8 Å². The van der Waals surface area contributed by atoms with Crippen molar-refractivity contribution in [1.82, 2.24) is 19.3 Å². The largest absolute Gasteiger partial charge is 0.505 e. The Bertz CT molecular complexity index is 1650. The highest BCUT2D eigenvalue weighted by Crippen LogP contribution is 2.32. The van der Waals surface area contributed by atoms with Crippen LogP contribution in [0.15, 0.2) is 53.6 Å². The SMILES string of the molecule is Cn1c(=O)c(NS(C)(=O)=O)c(O)c2cc(NC(=O)Nc3cccc(-n4cn[nH]c4=S)c3)ccc21. The van der Waals surface area contributed by atoms with Gasteiger partial charge in [0.2, 0.25) is 10.0 Å². The number of aromatic nitrogens is 4. The van der Waals surface area contributed by atoms with Crippen molar-refractivity contribution in [2.75, 3.05) is 21.6 Å². The monoisotopic (exact) mass is 501 g/mol. The number of H-pyrrole nitrogens is 1. The number of aromatic hydroxyl groups is 1. The third kappa shape index (κ3) is 4.62. The van der Waals surface area contributed by atoms with Gasteiger partial charge in [-0.05, 0) is 48.6 Å². The molecule has 0 saturated carbocycles. The van der Waals surface area contributed by atoms with Crippen LogP contribution in [0.25, 0.3) is 16.6 Å². The zero-order chi connectivity index (χ0) is 24.6. The maximum absolute atomic E-state index is 12.6. The molecule has 2 amide bonds. The van der Waals surface area contributed by atoms with Gasteiger partial charge in [0.05, 0.1) is 17.5 Å². The minimum atomic E-state index is -3.81. The van der Waals surface area contributed by atoms with Gasteiger partial charge in [-0.15, -0.1) is 0 Å². The second-order valence-corrected chi connectivity index (χ2v) is 9.49. The minimum absolute atomic E-state index is 0.169. The second-order valence-electron chi connectivity index (χ2n) is 7.35. The molecule has 0 unspecified atom stereocenters. The van der Waals surface area contributed by atoms with Crippen molar-refractivity contribution in [1.29, 1.82) is 0 Å². The first-order valence-corrected chi connectivity index (χ1v) is 12.0. The predicted octanol–water partition coefficient (Wildman–Crippen LogP) is 2.50. The Morgan fingerprint density at radius 1 is 1.15 bits per heavy atom. The number of benzene rings is 2. The van der Waals surface area contributed by atoms with E-state index in [2.05, 4.69) is 20.8 Å². The molecule has 0 aliphatic heterocycles. The minimum Gasteiger partial charge on any atom is -0.505 e. The summed E-state index contributed by atoms with van der Waals surface area (Å²) < 4.78 is 28.5. The Hall–Kier alpha value is -4.17. The van der Waals surface area contributed by atoms with Gasteiger partial charge in [0.15, 0.2) is 16.2 Å². The van der Waals surface area contributed by atoms with Crippen LogP contribution in [0.2, 0.25) is 0 Å². The Balaban J connectivity index is 1.61. The summed E-state index contributed by atoms with van der Waals surface area (Å²) in [7, 11) is -2.37. The number of anilines is 3. The number of aromatic amines is 1. The predicted molar refractivity (Wildman–Crippen MR) is 131 cm³/mol. The molecule has 2 aromatic carbocycles. The number of carbonyl (C=O) groups excluding carboxylic acids is 1. The summed E-state index contributed by atoms with van der Waals surface area (Å²) in [5, 5.41) is 22.6. The molecule has 0 atom stereocenters. The molecule has 0 spiro atoms. The van der Waals surface area contributed by atoms with E-state index in [0.29, 0.717) is 27.3 Å². The molecule has 12 nitrogen and oxygen atoms in total. The summed E-state index contributed by atoms with van der Waals surface area (Å²) in [6.45, 7) is 0. The van der Waals surface area contributed by atoms with E-state index in [0.717, 1.165) is 6.26 Å². The van der Waals surface area contributed by atoms with Crippen LogP contribution in [0.5, 0.6) is 5.75 Å². The van der Waals surface area contributed by atoms with E-state index in [-0.39, 0.29) is 5.39 Å². The Labute approximate surface area is 197 Å². The lowest BCUT2D eigenvalue weighted by Crippen LogP contribution is -2.24. The average molecular weight is 502 g/mol. The Morgan fingerprint density at radius 2 is 1.85 bits per heavy atom. The lowest BCUT2D eigenvalue weighted by atomic mass is 10.1. The normalized spacial score (nSPS) is 11.4. The van der Waals surface area contributed by atoms with E-state index >= 15 is 0 Å². The molecule has 0 fully saturated rings. The van der Waals surface area contributed by atoms with Crippen LogP contribution in [-0.2, 0) is 17.1 Å². The van der Waals surface area contributed by atoms with Gasteiger partial charge in [0.25, 0.3) is 5.56 Å². The van der Waals surface area contributed by atoms with Crippen LogP contribution < -0.4 is 20.9 Å². The fraction of sp³-hybridized carbons (Fsp3) is 0.100. The van der Waals surface area contributed by atoms with Gasteiger partial charge in [-0.1, -0.05) is 6.07 Å². The standard InChI is InChI=1S/C20H19N7O5S2/c1-26-15-7-6-12(9-14(15)17(28)16(18(26)29)25-34(2,31)32)23-19(30)22-11-4-3-5-13(8-11)27-10-21-24-20(27)33/h3-10,25,28H,1-2H3,(H,24,33)(H2,22,23,30). The smallest absolute Gasteiger partial charge is 0.323 e. The molecular weight excluding hydrogens is 482 g/mol. The Kier molecular flexibility index (Phi) is 5.85. The summed E-state index contributed by atoms with van der Waals surface area (Å²) in [6.07, 6.45) is 2.39. The van der Waals surface area contributed by atoms with Gasteiger partial charge in [-0.25, -0.2) is 13.2 Å². The first kappa shape index (κ1) is 23.0. The molecule has 0 aliphatic carbocycles. The van der Waals surface area contributed by atoms with Crippen molar-refractivity contribution >= 4 is 56.2 Å². The van der Waals surface area contributed by atoms with Crippen molar-refractivity contribution in [3.05, 3.63) is 63.9 Å². The number of hydrogen-bond donors (Lipinski definition) is 5. The Morgan fingerprint density at radius 3 is 2.50 bits per heavy atom. The van der Waals surface area contributed by atoms with Crippen LogP contribution in [0, 0.1) is 4.77 Å². The molecule has 0 saturated heterocycles. The number of amides is 2. The van der Waals surface area contributed by atoms with Crippen molar-refractivity contribution < 1.29 is 18.3 Å². The number of fused-ring (bicyclic) bond motifs is 1. The molecule has 4 aromatic rings. The zero-order valence-corrected chi connectivity index (χ0v) is 19.5. The first-order chi connectivity index (χ1) is 16.0. The number of carbonyl (C=O) groups is 1. The molecular formula is C20H19N7O5S2. The number of rotatable bonds is 5. The number of nitrogens with zero attached hydrogens (tertiary/aromatic N) is 3. The number of pyridine rings is 1. The molecule has 2 heterocycles. The summed E-state index contributed by atoms with van der Waals surface area (Å²) in [5.41, 5.74) is 0.637. The van der Waals surface area contributed by atoms with E-state index in [1.54, 1.807) is 34.9 Å². The van der Waals surface area contributed by atoms with E-state index in [9.17, 15) is 23.1 Å². The number of urea groups is 1. The van der Waals surface area contributed by atoms with Crippen LogP contribution in [0.3, 0.4) is 0 Å². The molecule has 14 heteroatoms. The summed E-state index contributed by atoms with van der Waals surface area (Å²) in [6, 6.07) is 10.9. The van der Waals surface area contributed by atoms with Crippen molar-refractivity contribution in [3.8, 4) is 11.4 Å². The van der Waals surface area contributed by atoms with E-state index < -0.39 is 33.1 Å². The zero-order valence-electron chi connectivity index (χ0n) is 17.9. The fourth-order valence-electron chi connectivity index (χ4n) is 3.35. The highest BCUT2D eigenvalue weighted by Gasteiger charge is 2.18. The number of nitrogens with one attached hydrogen (secondary N) is 4. The number of hydrogen-bond acceptors (Lipinski definition) is 7. The van der Waals surface area contributed by atoms with Gasteiger partial charge in [-0.3, -0.25) is 19.2 Å². The maximum Gasteiger partial charge on any atom is 0.323 e. The molecule has 5 N–H and O–H groups in total. The van der Waals surface area contributed by atoms with Crippen molar-refractivity contribution in [2.45, 2.75) is 0 Å². The van der Waals surface area contributed by atoms with Crippen LogP contribution >= 0.6 is 12.2 Å². The third-order valence-electron chi connectivity index (χ3n) is 4.85. The van der Waals surface area contributed by atoms with Gasteiger partial charge < -0.3 is 20.3 Å². The lowest BCUT2D eigenvalue weighted by molar-refractivity contribution is 0.262. The highest BCUT2D eigenvalue weighted by atomic mass is 32.2. The second kappa shape index (κ2) is 8.64. The quantitative estimate of drug-likeness (QED) is 0.262. The molecule has 176 valence electrons. The fourth-order valence-corrected chi connectivity index (χ4v) is 4.11. The van der Waals surface area contributed by atoms with Gasteiger partial charge in [-0.2, -0.15) is 5.10 Å². The van der Waals surface area contributed by atoms with E-state index in [1.807, 2.05) is 4.72 Å². The summed E-state index contributed by atoms with van der Waals surface area (Å²) in [4.78, 5) is 25.0. The molecule has 2 aromatic heterocycles. The van der Waals surface area contributed by atoms with Crippen LogP contribution in [0.1, 0.15) is 0 Å². The summed E-state index contributed by atoms with van der Waals surface area (Å²) in [5.74, 6) is -0.544. The van der Waals surface area contributed by atoms with Crippen LogP contribution in [-0.4, -0.2) is 45.1 Å². The maximum atomic E-state index is 12.6. The topological polar surface area (TPSA) is 163 Å². The van der Waals surface area contributed by atoms with Crippen molar-refractivity contribution in [2.24, 2.45) is 7.05 Å². The van der Waals surface area contributed by atoms with E-state index in [4.69, 9.17) is 12.2 Å². The van der Waals surface area contributed by atoms with Gasteiger partial charge >= 0.3 is 6.03 Å². The third-order valence-corrected chi connectivity index (χ3v) is 5.71. The first-order valence-electron chi connectivity index (χ1n) is 9.67. The lowest BCUT2D eigenvalue weighted by Gasteiger charge is -2.14. The van der Waals surface area contributed by atoms with Crippen LogP contribution in [0.4, 0.5) is 21.9 Å². The molecule has 0 radical (unpaired) electrons. The highest BCUT2D eigenvalue weighted by molar-refractivity contribution is 7.92. The van der Waals surface area contributed by atoms with Crippen molar-refractivity contribution in [3.63, 3.8) is 0 Å². The molecule has 34 heavy (non-hydrogen) atoms. The average Bonchev–Trinajstić information content (AvgIpc) is 3.20. The van der Waals surface area contributed by atoms with Gasteiger partial charge in [0.1, 0.15) is 6.33 Å². The molecule has 0 aliphatic rings. The number of sulfonamides is 1. The molecule has 4 rings (SSSR count). The summed E-state index contributed by atoms with van der Waals surface area (Å²) >= 11 is 5.16.